The van der Waals surface area contributed by atoms with Crippen LogP contribution >= 0.6 is 0 Å². The molecule has 8 fully saturated rings. The van der Waals surface area contributed by atoms with Crippen LogP contribution in [0.4, 0.5) is 8.78 Å². The first-order valence-electron chi connectivity index (χ1n) is 22.8. The van der Waals surface area contributed by atoms with Crippen LogP contribution in [0.2, 0.25) is 0 Å². The van der Waals surface area contributed by atoms with Crippen molar-refractivity contribution in [1.82, 2.24) is 0 Å². The van der Waals surface area contributed by atoms with Gasteiger partial charge in [-0.15, -0.1) is 0 Å². The van der Waals surface area contributed by atoms with E-state index >= 15 is 8.78 Å². The lowest BCUT2D eigenvalue weighted by Gasteiger charge is -2.59. The van der Waals surface area contributed by atoms with Crippen molar-refractivity contribution in [2.75, 3.05) is 13.2 Å². The number of halogens is 3. The molecule has 12 rings (SSSR count). The summed E-state index contributed by atoms with van der Waals surface area (Å²) in [5.74, 6) is 4.78. The second-order valence-corrected chi connectivity index (χ2v) is 22.6. The summed E-state index contributed by atoms with van der Waals surface area (Å²) in [5.41, 5.74) is 0.874. The fourth-order valence-corrected chi connectivity index (χ4v) is 14.8. The Hall–Kier alpha value is -4.39. The summed E-state index contributed by atoms with van der Waals surface area (Å²) in [6.45, 7) is 4.28. The van der Waals surface area contributed by atoms with E-state index in [9.17, 15) is 9.59 Å². The number of benzene rings is 4. The molecular weight excluding hydrogens is 917 g/mol. The van der Waals surface area contributed by atoms with Gasteiger partial charge in [-0.2, -0.15) is 0 Å². The molecule has 8 saturated carbocycles. The molecule has 0 saturated heterocycles. The van der Waals surface area contributed by atoms with Gasteiger partial charge in [0, 0.05) is 12.1 Å². The van der Waals surface area contributed by atoms with Gasteiger partial charge >= 0.3 is 33.1 Å². The summed E-state index contributed by atoms with van der Waals surface area (Å²) in [7, 11) is 0. The Bertz CT molecular complexity index is 2100. The zero-order chi connectivity index (χ0) is 43.3. The van der Waals surface area contributed by atoms with Gasteiger partial charge < -0.3 is 28.4 Å². The molecule has 0 aliphatic heterocycles. The minimum absolute atomic E-state index is 0.128. The van der Waals surface area contributed by atoms with Gasteiger partial charge in [-0.25, -0.2) is 18.4 Å². The minimum atomic E-state index is -0.872. The number of carbonyl (C=O) groups excluding carboxylic acids is 2. The monoisotopic (exact) mass is 973 g/mol. The molecule has 0 heterocycles. The number of esters is 2. The smallest absolute Gasteiger partial charge is 0.358 e. The van der Waals surface area contributed by atoms with Gasteiger partial charge in [0.2, 0.25) is 0 Å². The van der Waals surface area contributed by atoms with Crippen molar-refractivity contribution in [2.45, 2.75) is 102 Å². The Morgan fingerprint density at radius 3 is 1.19 bits per heavy atom. The summed E-state index contributed by atoms with van der Waals surface area (Å²) < 4.78 is 67.3. The number of ether oxygens (including phenoxy) is 6. The van der Waals surface area contributed by atoms with Gasteiger partial charge in [-0.05, 0) is 185 Å². The third-order valence-corrected chi connectivity index (χ3v) is 18.1. The molecule has 0 radical (unpaired) electrons. The molecule has 0 N–H and O–H groups in total. The maximum atomic E-state index is 15.2. The third-order valence-electron chi connectivity index (χ3n) is 15.5. The third kappa shape index (κ3) is 9.14. The highest BCUT2D eigenvalue weighted by atomic mass is 127. The van der Waals surface area contributed by atoms with Crippen molar-refractivity contribution >= 4 is 11.9 Å². The Morgan fingerprint density at radius 2 is 0.857 bits per heavy atom. The predicted molar refractivity (Wildman–Crippen MR) is 226 cm³/mol. The van der Waals surface area contributed by atoms with Crippen LogP contribution in [-0.2, 0) is 32.3 Å². The summed E-state index contributed by atoms with van der Waals surface area (Å²) in [5, 5.41) is 0. The van der Waals surface area contributed by atoms with E-state index in [-0.39, 0.29) is 61.1 Å². The van der Waals surface area contributed by atoms with E-state index in [1.165, 1.54) is 76.3 Å². The van der Waals surface area contributed by atoms with Crippen LogP contribution in [0.3, 0.4) is 0 Å². The highest BCUT2D eigenvalue weighted by molar-refractivity contribution is 5.72. The van der Waals surface area contributed by atoms with Gasteiger partial charge in [-0.3, -0.25) is 0 Å². The number of rotatable bonds is 16. The summed E-state index contributed by atoms with van der Waals surface area (Å²) >= 11 is -0.872. The molecule has 4 aromatic carbocycles. The molecule has 8 nitrogen and oxygen atoms in total. The van der Waals surface area contributed by atoms with Crippen molar-refractivity contribution < 1.29 is 68.0 Å². The van der Waals surface area contributed by atoms with E-state index in [1.54, 1.807) is 36.4 Å². The zero-order valence-electron chi connectivity index (χ0n) is 36.0. The standard InChI is InChI=1S/C52H56F2IO8/c1-51(37-17-33-15-34(19-37)20-38(51)18-33)62-49(56)29-58-43-9-3-31(4-10-43)27-60-47-13-7-41(25-45(47)53)55-42-8-14-48(46(54)26-42)61-28-32-5-11-44(12-6-32)59-30-50(57)63-52(2)39-21-35-16-36(23-39)24-40(52)22-35/h3-14,25-26,33-40H,15-24,27-30H2,1-2H3/q+1. The second-order valence-electron chi connectivity index (χ2n) is 19.6. The minimum Gasteiger partial charge on any atom is -0.486 e. The van der Waals surface area contributed by atoms with E-state index in [4.69, 9.17) is 28.4 Å². The van der Waals surface area contributed by atoms with Gasteiger partial charge in [-0.1, -0.05) is 24.3 Å². The van der Waals surface area contributed by atoms with Crippen LogP contribution in [0.15, 0.2) is 84.9 Å². The van der Waals surface area contributed by atoms with Crippen LogP contribution in [0.25, 0.3) is 0 Å². The van der Waals surface area contributed by atoms with E-state index in [2.05, 4.69) is 13.8 Å². The van der Waals surface area contributed by atoms with Crippen LogP contribution in [0.1, 0.15) is 89.2 Å². The SMILES string of the molecule is CC1(OC(=O)COc2ccc(COc3ccc([I+]c4ccc(OCc5ccc(OCC(=O)OC6(C)C7CC8CC(C7)CC6C8)cc5)c(F)c4)cc3F)cc2)C2CC3CC(C2)CC1C3. The Balaban J connectivity index is 0.644. The quantitative estimate of drug-likeness (QED) is 0.0843. The molecule has 4 aromatic rings. The lowest BCUT2D eigenvalue weighted by atomic mass is 9.50. The Kier molecular flexibility index (Phi) is 11.8. The van der Waals surface area contributed by atoms with Crippen molar-refractivity contribution in [1.29, 1.82) is 0 Å². The van der Waals surface area contributed by atoms with Crippen LogP contribution in [0.5, 0.6) is 23.0 Å². The number of hydrogen-bond acceptors (Lipinski definition) is 8. The maximum Gasteiger partial charge on any atom is 0.358 e. The van der Waals surface area contributed by atoms with Crippen molar-refractivity contribution in [3.05, 3.63) is 115 Å². The number of carbonyl (C=O) groups is 2. The van der Waals surface area contributed by atoms with Gasteiger partial charge in [0.1, 0.15) is 35.9 Å². The normalized spacial score (nSPS) is 30.8. The average Bonchev–Trinajstić information content (AvgIpc) is 3.26. The molecule has 63 heavy (non-hydrogen) atoms. The van der Waals surface area contributed by atoms with Crippen LogP contribution in [-0.4, -0.2) is 36.4 Å². The molecule has 8 bridgehead atoms. The summed E-state index contributed by atoms with van der Waals surface area (Å²) in [4.78, 5) is 25.7. The van der Waals surface area contributed by atoms with Gasteiger partial charge in [0.15, 0.2) is 43.5 Å². The summed E-state index contributed by atoms with van der Waals surface area (Å²) in [6.07, 6.45) is 12.1. The topological polar surface area (TPSA) is 89.5 Å². The fraction of sp³-hybridized carbons (Fsp3) is 0.500. The molecule has 8 aliphatic rings. The Labute approximate surface area is 379 Å². The molecule has 0 spiro atoms. The molecular formula is C52H56F2IO8+. The van der Waals surface area contributed by atoms with Crippen molar-refractivity contribution in [2.24, 2.45) is 47.3 Å². The van der Waals surface area contributed by atoms with Crippen molar-refractivity contribution in [3.8, 4) is 23.0 Å². The second kappa shape index (κ2) is 17.5. The first kappa shape index (κ1) is 42.6. The molecule has 332 valence electrons. The lowest BCUT2D eigenvalue weighted by Crippen LogP contribution is -3.61. The first-order chi connectivity index (χ1) is 30.4. The fourth-order valence-electron chi connectivity index (χ4n) is 12.5. The van der Waals surface area contributed by atoms with E-state index < -0.39 is 32.8 Å². The molecule has 8 aliphatic carbocycles. The van der Waals surface area contributed by atoms with Gasteiger partial charge in [0.05, 0.1) is 0 Å². The van der Waals surface area contributed by atoms with E-state index in [1.807, 2.05) is 36.4 Å². The van der Waals surface area contributed by atoms with Crippen LogP contribution in [0, 0.1) is 66.1 Å². The molecule has 0 amide bonds. The van der Waals surface area contributed by atoms with Crippen molar-refractivity contribution in [3.63, 3.8) is 0 Å². The lowest BCUT2D eigenvalue weighted by molar-refractivity contribution is -0.597. The zero-order valence-corrected chi connectivity index (χ0v) is 38.2. The Morgan fingerprint density at radius 1 is 0.508 bits per heavy atom. The average molecular weight is 974 g/mol. The first-order valence-corrected chi connectivity index (χ1v) is 25.0. The largest absolute Gasteiger partial charge is 0.486 e. The molecule has 0 atom stereocenters. The highest BCUT2D eigenvalue weighted by Crippen LogP contribution is 2.60. The summed E-state index contributed by atoms with van der Waals surface area (Å²) in [6, 6.07) is 24.1. The molecule has 0 unspecified atom stereocenters. The van der Waals surface area contributed by atoms with Crippen LogP contribution < -0.4 is 40.2 Å². The highest BCUT2D eigenvalue weighted by Gasteiger charge is 2.58. The van der Waals surface area contributed by atoms with E-state index in [0.717, 1.165) is 41.9 Å². The molecule has 11 heteroatoms. The predicted octanol–water partition coefficient (Wildman–Crippen LogP) is 7.52. The maximum absolute atomic E-state index is 15.2. The van der Waals surface area contributed by atoms with E-state index in [0.29, 0.717) is 35.2 Å². The van der Waals surface area contributed by atoms with Gasteiger partial charge in [0.25, 0.3) is 0 Å². The number of hydrogen-bond donors (Lipinski definition) is 0. The molecule has 0 aromatic heterocycles.